The molecule has 2 heterocycles. The maximum Gasteiger partial charge on any atom is 0.417 e. The summed E-state index contributed by atoms with van der Waals surface area (Å²) in [6, 6.07) is 10.2. The molecule has 1 aromatic heterocycles. The Morgan fingerprint density at radius 1 is 1.10 bits per heavy atom. The molecule has 0 bridgehead atoms. The molecule has 0 N–H and O–H groups in total. The molecule has 0 spiro atoms. The van der Waals surface area contributed by atoms with E-state index in [1.165, 1.54) is 4.90 Å². The molecule has 4 rings (SSSR count). The third kappa shape index (κ3) is 3.72. The molecule has 1 atom stereocenters. The molecular weight excluding hydrogens is 390 g/mol. The van der Waals surface area contributed by atoms with Gasteiger partial charge in [-0.3, -0.25) is 4.79 Å². The van der Waals surface area contributed by atoms with E-state index < -0.39 is 35.1 Å². The lowest BCUT2D eigenvalue weighted by Gasteiger charge is -2.23. The summed E-state index contributed by atoms with van der Waals surface area (Å²) in [5.74, 6) is -1.44. The highest BCUT2D eigenvalue weighted by Crippen LogP contribution is 2.37. The third-order valence-electron chi connectivity index (χ3n) is 4.78. The van der Waals surface area contributed by atoms with E-state index in [9.17, 15) is 22.4 Å². The predicted octanol–water partition coefficient (Wildman–Crippen LogP) is 4.87. The number of alkyl halides is 3. The first kappa shape index (κ1) is 19.1. The van der Waals surface area contributed by atoms with Crippen LogP contribution in [0.5, 0.6) is 0 Å². The molecule has 2 aromatic carbocycles. The van der Waals surface area contributed by atoms with Crippen LogP contribution in [-0.2, 0) is 6.18 Å². The van der Waals surface area contributed by atoms with Crippen molar-refractivity contribution in [2.75, 3.05) is 6.54 Å². The van der Waals surface area contributed by atoms with Gasteiger partial charge < -0.3 is 9.32 Å². The molecule has 5 nitrogen and oxygen atoms in total. The highest BCUT2D eigenvalue weighted by Gasteiger charge is 2.40. The van der Waals surface area contributed by atoms with Crippen LogP contribution >= 0.6 is 0 Å². The number of benzene rings is 2. The van der Waals surface area contributed by atoms with Crippen LogP contribution in [0.1, 0.15) is 40.7 Å². The van der Waals surface area contributed by atoms with Crippen LogP contribution in [0.25, 0.3) is 11.5 Å². The van der Waals surface area contributed by atoms with Crippen LogP contribution in [0.15, 0.2) is 52.9 Å². The number of likely N-dealkylation sites (tertiary alicyclic amines) is 1. The molecule has 9 heteroatoms. The normalized spacial score (nSPS) is 17.0. The molecule has 1 fully saturated rings. The standard InChI is InChI=1S/C20H15F4N3O2/c21-13-8-9-15(20(22,23)24)14(11-13)19(28)27-10-4-7-16(27)18-26-25-17(29-18)12-5-2-1-3-6-12/h1-3,5-6,8-9,11,16H,4,7,10H2. The number of carbonyl (C=O) groups is 1. The van der Waals surface area contributed by atoms with Gasteiger partial charge in [0.2, 0.25) is 11.8 Å². The fourth-order valence-corrected chi connectivity index (χ4v) is 3.43. The van der Waals surface area contributed by atoms with Gasteiger partial charge in [-0.15, -0.1) is 10.2 Å². The highest BCUT2D eigenvalue weighted by atomic mass is 19.4. The summed E-state index contributed by atoms with van der Waals surface area (Å²) in [5.41, 5.74) is -1.22. The van der Waals surface area contributed by atoms with Gasteiger partial charge in [-0.1, -0.05) is 18.2 Å². The molecule has 1 aliphatic heterocycles. The average Bonchev–Trinajstić information content (AvgIpc) is 3.36. The largest absolute Gasteiger partial charge is 0.418 e. The minimum atomic E-state index is -4.78. The Morgan fingerprint density at radius 2 is 1.86 bits per heavy atom. The van der Waals surface area contributed by atoms with E-state index in [4.69, 9.17) is 4.42 Å². The molecule has 150 valence electrons. The van der Waals surface area contributed by atoms with E-state index in [0.29, 0.717) is 36.6 Å². The van der Waals surface area contributed by atoms with Crippen molar-refractivity contribution < 1.29 is 26.8 Å². The molecule has 3 aromatic rings. The molecule has 1 aliphatic rings. The molecule has 0 saturated carbocycles. The predicted molar refractivity (Wildman–Crippen MR) is 94.1 cm³/mol. The van der Waals surface area contributed by atoms with Crippen LogP contribution < -0.4 is 0 Å². The van der Waals surface area contributed by atoms with E-state index in [0.717, 1.165) is 0 Å². The zero-order valence-electron chi connectivity index (χ0n) is 15.0. The Bertz CT molecular complexity index is 1030. The molecule has 0 aliphatic carbocycles. The van der Waals surface area contributed by atoms with Crippen molar-refractivity contribution in [3.63, 3.8) is 0 Å². The van der Waals surface area contributed by atoms with E-state index >= 15 is 0 Å². The van der Waals surface area contributed by atoms with Crippen molar-refractivity contribution in [3.05, 3.63) is 71.4 Å². The van der Waals surface area contributed by atoms with Gasteiger partial charge in [0.05, 0.1) is 11.1 Å². The Kier molecular flexibility index (Phi) is 4.81. The fourth-order valence-electron chi connectivity index (χ4n) is 3.43. The van der Waals surface area contributed by atoms with Crippen molar-refractivity contribution >= 4 is 5.91 Å². The summed E-state index contributed by atoms with van der Waals surface area (Å²) in [7, 11) is 0. The zero-order valence-corrected chi connectivity index (χ0v) is 15.0. The van der Waals surface area contributed by atoms with Crippen molar-refractivity contribution in [1.29, 1.82) is 0 Å². The van der Waals surface area contributed by atoms with E-state index in [1.54, 1.807) is 24.3 Å². The number of carbonyl (C=O) groups excluding carboxylic acids is 1. The molecule has 1 amide bonds. The van der Waals surface area contributed by atoms with Gasteiger partial charge in [0.15, 0.2) is 0 Å². The summed E-state index contributed by atoms with van der Waals surface area (Å²) >= 11 is 0. The Labute approximate surface area is 163 Å². The first-order chi connectivity index (χ1) is 13.8. The lowest BCUT2D eigenvalue weighted by atomic mass is 10.0. The van der Waals surface area contributed by atoms with Gasteiger partial charge >= 0.3 is 6.18 Å². The van der Waals surface area contributed by atoms with Crippen LogP contribution in [0, 0.1) is 5.82 Å². The van der Waals surface area contributed by atoms with E-state index in [-0.39, 0.29) is 18.3 Å². The average molecular weight is 405 g/mol. The minimum Gasteiger partial charge on any atom is -0.418 e. The lowest BCUT2D eigenvalue weighted by Crippen LogP contribution is -2.32. The number of halogens is 4. The van der Waals surface area contributed by atoms with Crippen molar-refractivity contribution in [2.45, 2.75) is 25.1 Å². The Hall–Kier alpha value is -3.23. The van der Waals surface area contributed by atoms with Gasteiger partial charge in [-0.05, 0) is 43.2 Å². The van der Waals surface area contributed by atoms with Crippen LogP contribution in [-0.4, -0.2) is 27.5 Å². The smallest absolute Gasteiger partial charge is 0.417 e. The maximum atomic E-state index is 13.6. The van der Waals surface area contributed by atoms with Crippen molar-refractivity contribution in [2.24, 2.45) is 0 Å². The fraction of sp³-hybridized carbons (Fsp3) is 0.250. The van der Waals surface area contributed by atoms with Crippen LogP contribution in [0.3, 0.4) is 0 Å². The summed E-state index contributed by atoms with van der Waals surface area (Å²) < 4.78 is 59.2. The maximum absolute atomic E-state index is 13.6. The van der Waals surface area contributed by atoms with Crippen molar-refractivity contribution in [3.8, 4) is 11.5 Å². The summed E-state index contributed by atoms with van der Waals surface area (Å²) in [6.07, 6.45) is -3.77. The second kappa shape index (κ2) is 7.31. The molecule has 29 heavy (non-hydrogen) atoms. The van der Waals surface area contributed by atoms with Gasteiger partial charge in [-0.2, -0.15) is 13.2 Å². The SMILES string of the molecule is O=C(c1cc(F)ccc1C(F)(F)F)N1CCCC1c1nnc(-c2ccccc2)o1. The van der Waals surface area contributed by atoms with Gasteiger partial charge in [0.25, 0.3) is 5.91 Å². The number of hydrogen-bond acceptors (Lipinski definition) is 4. The van der Waals surface area contributed by atoms with Gasteiger partial charge in [0, 0.05) is 12.1 Å². The third-order valence-corrected chi connectivity index (χ3v) is 4.78. The van der Waals surface area contributed by atoms with E-state index in [2.05, 4.69) is 10.2 Å². The van der Waals surface area contributed by atoms with Crippen molar-refractivity contribution in [1.82, 2.24) is 15.1 Å². The van der Waals surface area contributed by atoms with Crippen LogP contribution in [0.2, 0.25) is 0 Å². The topological polar surface area (TPSA) is 59.2 Å². The first-order valence-electron chi connectivity index (χ1n) is 8.91. The number of rotatable bonds is 3. The Morgan fingerprint density at radius 3 is 2.59 bits per heavy atom. The summed E-state index contributed by atoms with van der Waals surface area (Å²) in [5, 5.41) is 7.96. The zero-order chi connectivity index (χ0) is 20.6. The molecule has 0 radical (unpaired) electrons. The second-order valence-corrected chi connectivity index (χ2v) is 6.66. The lowest BCUT2D eigenvalue weighted by molar-refractivity contribution is -0.138. The number of aromatic nitrogens is 2. The summed E-state index contributed by atoms with van der Waals surface area (Å²) in [6.45, 7) is 0.209. The minimum absolute atomic E-state index is 0.139. The van der Waals surface area contributed by atoms with E-state index in [1.807, 2.05) is 6.07 Å². The number of nitrogens with zero attached hydrogens (tertiary/aromatic N) is 3. The molecule has 1 unspecified atom stereocenters. The summed E-state index contributed by atoms with van der Waals surface area (Å²) in [4.78, 5) is 14.1. The number of hydrogen-bond donors (Lipinski definition) is 0. The second-order valence-electron chi connectivity index (χ2n) is 6.66. The monoisotopic (exact) mass is 405 g/mol. The molecule has 1 saturated heterocycles. The highest BCUT2D eigenvalue weighted by molar-refractivity contribution is 5.96. The number of amides is 1. The quantitative estimate of drug-likeness (QED) is 0.584. The van der Waals surface area contributed by atoms with Gasteiger partial charge in [-0.25, -0.2) is 4.39 Å². The first-order valence-corrected chi connectivity index (χ1v) is 8.91. The Balaban J connectivity index is 1.66. The molecular formula is C20H15F4N3O2. The van der Waals surface area contributed by atoms with Crippen LogP contribution in [0.4, 0.5) is 17.6 Å². The van der Waals surface area contributed by atoms with Gasteiger partial charge in [0.1, 0.15) is 11.9 Å².